The molecule has 1 aliphatic carbocycles. The molecule has 3 nitrogen and oxygen atoms in total. The van der Waals surface area contributed by atoms with E-state index in [0.717, 1.165) is 39.1 Å². The summed E-state index contributed by atoms with van der Waals surface area (Å²) >= 11 is 0. The Hall–Kier alpha value is -6.37. The Morgan fingerprint density at radius 2 is 1.19 bits per heavy atom. The molecule has 47 heavy (non-hydrogen) atoms. The quantitative estimate of drug-likeness (QED) is 0.199. The number of fused-ring (bicyclic) bond motifs is 10. The molecule has 1 unspecified atom stereocenters. The van der Waals surface area contributed by atoms with Gasteiger partial charge in [0.2, 0.25) is 0 Å². The van der Waals surface area contributed by atoms with Crippen molar-refractivity contribution in [3.8, 4) is 28.6 Å². The molecule has 0 fully saturated rings. The summed E-state index contributed by atoms with van der Waals surface area (Å²) in [5.74, 6) is 0.00131. The zero-order valence-corrected chi connectivity index (χ0v) is 25.4. The molecular weight excluding hydrogens is 571 g/mol. The van der Waals surface area contributed by atoms with Crippen LogP contribution in [0.5, 0.6) is 0 Å². The smallest absolute Gasteiger partial charge is 0.0998 e. The van der Waals surface area contributed by atoms with Gasteiger partial charge < -0.3 is 9.13 Å². The third kappa shape index (κ3) is 3.50. The summed E-state index contributed by atoms with van der Waals surface area (Å²) in [7, 11) is 0. The van der Waals surface area contributed by atoms with Gasteiger partial charge in [0.1, 0.15) is 0 Å². The van der Waals surface area contributed by atoms with Gasteiger partial charge in [0.25, 0.3) is 0 Å². The lowest BCUT2D eigenvalue weighted by Gasteiger charge is -2.20. The molecule has 0 radical (unpaired) electrons. The maximum absolute atomic E-state index is 10.2. The summed E-state index contributed by atoms with van der Waals surface area (Å²) < 4.78 is 4.89. The van der Waals surface area contributed by atoms with Crippen molar-refractivity contribution >= 4 is 43.6 Å². The lowest BCUT2D eigenvalue weighted by atomic mass is 9.88. The molecule has 0 aliphatic heterocycles. The highest BCUT2D eigenvalue weighted by molar-refractivity contribution is 6.26. The van der Waals surface area contributed by atoms with E-state index in [-0.39, 0.29) is 5.92 Å². The highest BCUT2D eigenvalue weighted by Crippen LogP contribution is 2.52. The topological polar surface area (TPSA) is 33.6 Å². The van der Waals surface area contributed by atoms with Crippen LogP contribution in [0.3, 0.4) is 0 Å². The summed E-state index contributed by atoms with van der Waals surface area (Å²) in [5, 5.41) is 15.2. The second-order valence-corrected chi connectivity index (χ2v) is 12.4. The van der Waals surface area contributed by atoms with Crippen LogP contribution in [0.1, 0.15) is 28.2 Å². The maximum atomic E-state index is 10.2. The minimum atomic E-state index is 0.00131. The van der Waals surface area contributed by atoms with Crippen molar-refractivity contribution in [3.05, 3.63) is 180 Å². The van der Waals surface area contributed by atoms with Crippen molar-refractivity contribution in [3.63, 3.8) is 0 Å². The molecule has 0 amide bonds. The van der Waals surface area contributed by atoms with E-state index in [1.807, 2.05) is 12.1 Å². The van der Waals surface area contributed by atoms with Crippen molar-refractivity contribution in [2.24, 2.45) is 0 Å². The number of rotatable bonds is 3. The van der Waals surface area contributed by atoms with E-state index in [2.05, 4.69) is 161 Å². The Morgan fingerprint density at radius 1 is 0.511 bits per heavy atom. The van der Waals surface area contributed by atoms with Gasteiger partial charge in [0.05, 0.1) is 39.4 Å². The van der Waals surface area contributed by atoms with Crippen LogP contribution in [0.4, 0.5) is 0 Å². The zero-order valence-electron chi connectivity index (χ0n) is 25.4. The average Bonchev–Trinajstić information content (AvgIpc) is 3.78. The molecule has 1 aliphatic rings. The third-order valence-corrected chi connectivity index (χ3v) is 10.0. The van der Waals surface area contributed by atoms with E-state index in [0.29, 0.717) is 0 Å². The third-order valence-electron chi connectivity index (χ3n) is 10.0. The SMILES string of the molecule is N#Cc1cccc2c1-c1cccc(-n3c4ccccc4c4c3ccc3c5ccccc5n(-c5ccccc5)c34)c1C2c1ccccc1. The van der Waals surface area contributed by atoms with E-state index < -0.39 is 0 Å². The van der Waals surface area contributed by atoms with Crippen molar-refractivity contribution in [2.75, 3.05) is 0 Å². The lowest BCUT2D eigenvalue weighted by molar-refractivity contribution is 0.986. The van der Waals surface area contributed by atoms with E-state index in [1.165, 1.54) is 49.3 Å². The summed E-state index contributed by atoms with van der Waals surface area (Å²) in [4.78, 5) is 0. The second-order valence-electron chi connectivity index (χ2n) is 12.4. The van der Waals surface area contributed by atoms with E-state index >= 15 is 0 Å². The summed E-state index contributed by atoms with van der Waals surface area (Å²) in [5.41, 5.74) is 13.6. The van der Waals surface area contributed by atoms with Gasteiger partial charge in [0, 0.05) is 38.7 Å². The van der Waals surface area contributed by atoms with Crippen molar-refractivity contribution < 1.29 is 0 Å². The van der Waals surface area contributed by atoms with Crippen LogP contribution in [-0.2, 0) is 0 Å². The molecule has 0 N–H and O–H groups in total. The van der Waals surface area contributed by atoms with Gasteiger partial charge in [-0.15, -0.1) is 0 Å². The van der Waals surface area contributed by atoms with Gasteiger partial charge in [0.15, 0.2) is 0 Å². The summed E-state index contributed by atoms with van der Waals surface area (Å²) in [6.07, 6.45) is 0. The molecule has 7 aromatic carbocycles. The molecule has 3 heteroatoms. The fraction of sp³-hybridized carbons (Fsp3) is 0.0227. The molecule has 2 heterocycles. The fourth-order valence-corrected chi connectivity index (χ4v) is 8.23. The molecule has 9 aromatic rings. The van der Waals surface area contributed by atoms with Crippen molar-refractivity contribution in [1.29, 1.82) is 5.26 Å². The number of nitriles is 1. The Balaban J connectivity index is 1.37. The summed E-state index contributed by atoms with van der Waals surface area (Å²) in [6, 6.07) is 58.8. The standard InChI is InChI=1S/C44H27N3/c45-27-29-15-11-20-34-40(29)35-21-12-24-38(42(35)41(34)28-13-3-1-4-14-28)47-37-23-10-8-19-33(37)43-39(47)26-25-32-31-18-7-9-22-36(31)46(44(32)43)30-16-5-2-6-17-30/h1-26,41H. The Labute approximate surface area is 271 Å². The minimum Gasteiger partial charge on any atom is -0.309 e. The molecular formula is C44H27N3. The molecule has 1 atom stereocenters. The number of para-hydroxylation sites is 3. The maximum Gasteiger partial charge on any atom is 0.0998 e. The first kappa shape index (κ1) is 25.9. The van der Waals surface area contributed by atoms with Gasteiger partial charge in [-0.2, -0.15) is 5.26 Å². The molecule has 10 rings (SSSR count). The Bertz CT molecular complexity index is 2740. The van der Waals surface area contributed by atoms with Crippen molar-refractivity contribution in [2.45, 2.75) is 5.92 Å². The number of benzene rings is 7. The first-order chi connectivity index (χ1) is 23.3. The predicted molar refractivity (Wildman–Crippen MR) is 193 cm³/mol. The number of hydrogen-bond acceptors (Lipinski definition) is 1. The minimum absolute atomic E-state index is 0.00131. The predicted octanol–water partition coefficient (Wildman–Crippen LogP) is 10.9. The monoisotopic (exact) mass is 597 g/mol. The number of nitrogens with zero attached hydrogens (tertiary/aromatic N) is 3. The summed E-state index contributed by atoms with van der Waals surface area (Å²) in [6.45, 7) is 0. The number of hydrogen-bond donors (Lipinski definition) is 0. The molecule has 0 bridgehead atoms. The van der Waals surface area contributed by atoms with Gasteiger partial charge in [-0.05, 0) is 64.7 Å². The lowest BCUT2D eigenvalue weighted by Crippen LogP contribution is -2.05. The molecule has 0 saturated carbocycles. The second kappa shape index (κ2) is 9.81. The van der Waals surface area contributed by atoms with Crippen molar-refractivity contribution in [1.82, 2.24) is 9.13 Å². The first-order valence-corrected chi connectivity index (χ1v) is 16.1. The van der Waals surface area contributed by atoms with Crippen LogP contribution in [0, 0.1) is 11.3 Å². The van der Waals surface area contributed by atoms with Gasteiger partial charge in [-0.3, -0.25) is 0 Å². The molecule has 0 saturated heterocycles. The molecule has 0 spiro atoms. The van der Waals surface area contributed by atoms with Gasteiger partial charge >= 0.3 is 0 Å². The van der Waals surface area contributed by atoms with Crippen LogP contribution in [-0.4, -0.2) is 9.13 Å². The van der Waals surface area contributed by atoms with Crippen LogP contribution in [0.15, 0.2) is 158 Å². The first-order valence-electron chi connectivity index (χ1n) is 16.1. The van der Waals surface area contributed by atoms with Crippen LogP contribution < -0.4 is 0 Å². The Kier molecular flexibility index (Phi) is 5.41. The van der Waals surface area contributed by atoms with E-state index in [1.54, 1.807) is 0 Å². The number of aromatic nitrogens is 2. The van der Waals surface area contributed by atoms with E-state index in [4.69, 9.17) is 0 Å². The highest BCUT2D eigenvalue weighted by atomic mass is 15.0. The average molecular weight is 598 g/mol. The largest absolute Gasteiger partial charge is 0.309 e. The molecule has 2 aromatic heterocycles. The van der Waals surface area contributed by atoms with Crippen LogP contribution in [0.25, 0.3) is 66.1 Å². The zero-order chi connectivity index (χ0) is 31.1. The fourth-order valence-electron chi connectivity index (χ4n) is 8.23. The van der Waals surface area contributed by atoms with E-state index in [9.17, 15) is 5.26 Å². The highest BCUT2D eigenvalue weighted by Gasteiger charge is 2.35. The van der Waals surface area contributed by atoms with Gasteiger partial charge in [-0.25, -0.2) is 0 Å². The van der Waals surface area contributed by atoms with Crippen LogP contribution >= 0.6 is 0 Å². The Morgan fingerprint density at radius 3 is 1.98 bits per heavy atom. The molecule has 218 valence electrons. The van der Waals surface area contributed by atoms with Gasteiger partial charge in [-0.1, -0.05) is 115 Å². The van der Waals surface area contributed by atoms with Crippen LogP contribution in [0.2, 0.25) is 0 Å². The normalized spacial score (nSPS) is 13.7.